The summed E-state index contributed by atoms with van der Waals surface area (Å²) in [5.74, 6) is 0.116. The Morgan fingerprint density at radius 1 is 1.21 bits per heavy atom. The van der Waals surface area contributed by atoms with Crippen LogP contribution in [-0.2, 0) is 25.6 Å². The lowest BCUT2D eigenvalue weighted by Gasteiger charge is -2.25. The predicted octanol–water partition coefficient (Wildman–Crippen LogP) is 2.15. The molecule has 1 aliphatic rings. The number of nitrogens with zero attached hydrogens (tertiary/aromatic N) is 1. The van der Waals surface area contributed by atoms with E-state index < -0.39 is 17.7 Å². The van der Waals surface area contributed by atoms with E-state index in [0.717, 1.165) is 11.3 Å². The molecule has 1 aliphatic heterocycles. The van der Waals surface area contributed by atoms with Crippen LogP contribution in [0.25, 0.3) is 0 Å². The Balaban J connectivity index is 2.07. The van der Waals surface area contributed by atoms with Crippen molar-refractivity contribution in [3.8, 4) is 5.75 Å². The average Bonchev–Trinajstić information content (AvgIpc) is 3.21. The minimum atomic E-state index is -0.588. The third-order valence-electron chi connectivity index (χ3n) is 3.54. The Hall–Kier alpha value is -2.08. The average molecular weight is 335 g/mol. The summed E-state index contributed by atoms with van der Waals surface area (Å²) in [6, 6.07) is 7.38. The summed E-state index contributed by atoms with van der Waals surface area (Å²) in [5, 5.41) is 0. The largest absolute Gasteiger partial charge is 0.497 e. The fourth-order valence-corrected chi connectivity index (χ4v) is 2.32. The van der Waals surface area contributed by atoms with Crippen molar-refractivity contribution in [1.29, 1.82) is 0 Å². The number of methoxy groups -OCH3 is 1. The van der Waals surface area contributed by atoms with Crippen LogP contribution in [-0.4, -0.2) is 48.2 Å². The Morgan fingerprint density at radius 2 is 1.79 bits per heavy atom. The van der Waals surface area contributed by atoms with Crippen LogP contribution >= 0.6 is 0 Å². The van der Waals surface area contributed by atoms with E-state index in [-0.39, 0.29) is 18.6 Å². The van der Waals surface area contributed by atoms with Crippen molar-refractivity contribution >= 4 is 11.9 Å². The van der Waals surface area contributed by atoms with Gasteiger partial charge in [0.25, 0.3) is 5.91 Å². The van der Waals surface area contributed by atoms with Gasteiger partial charge in [0.2, 0.25) is 0 Å². The first kappa shape index (κ1) is 18.3. The maximum atomic E-state index is 12.5. The van der Waals surface area contributed by atoms with E-state index in [9.17, 15) is 9.59 Å². The number of amides is 1. The second kappa shape index (κ2) is 7.21. The van der Waals surface area contributed by atoms with Crippen LogP contribution in [0.2, 0.25) is 0 Å². The molecule has 0 aromatic heterocycles. The zero-order valence-corrected chi connectivity index (χ0v) is 14.9. The van der Waals surface area contributed by atoms with Crippen molar-refractivity contribution in [3.63, 3.8) is 0 Å². The minimum Gasteiger partial charge on any atom is -0.497 e. The van der Waals surface area contributed by atoms with Gasteiger partial charge in [-0.15, -0.1) is 0 Å². The molecule has 132 valence electrons. The van der Waals surface area contributed by atoms with Crippen LogP contribution in [0.3, 0.4) is 0 Å². The van der Waals surface area contributed by atoms with Crippen LogP contribution in [0.15, 0.2) is 24.3 Å². The highest BCUT2D eigenvalue weighted by Crippen LogP contribution is 2.24. The van der Waals surface area contributed by atoms with Gasteiger partial charge in [-0.3, -0.25) is 9.59 Å². The maximum Gasteiger partial charge on any atom is 0.326 e. The number of benzene rings is 1. The highest BCUT2D eigenvalue weighted by molar-refractivity contribution is 5.87. The number of carbonyl (C=O) groups is 2. The number of esters is 1. The second-order valence-electron chi connectivity index (χ2n) is 6.89. The van der Waals surface area contributed by atoms with Gasteiger partial charge >= 0.3 is 5.97 Å². The van der Waals surface area contributed by atoms with Crippen LogP contribution in [0.1, 0.15) is 33.3 Å². The number of ether oxygens (including phenoxy) is 3. The molecule has 1 saturated heterocycles. The quantitative estimate of drug-likeness (QED) is 0.588. The number of carbonyl (C=O) groups excluding carboxylic acids is 2. The van der Waals surface area contributed by atoms with Crippen molar-refractivity contribution in [2.45, 2.75) is 52.0 Å². The zero-order valence-electron chi connectivity index (χ0n) is 14.9. The topological polar surface area (TPSA) is 68.4 Å². The third-order valence-corrected chi connectivity index (χ3v) is 3.54. The van der Waals surface area contributed by atoms with Gasteiger partial charge in [-0.1, -0.05) is 12.1 Å². The highest BCUT2D eigenvalue weighted by Gasteiger charge is 2.44. The van der Waals surface area contributed by atoms with Gasteiger partial charge in [-0.2, -0.15) is 0 Å². The lowest BCUT2D eigenvalue weighted by molar-refractivity contribution is -0.159. The molecule has 24 heavy (non-hydrogen) atoms. The van der Waals surface area contributed by atoms with Gasteiger partial charge in [0.05, 0.1) is 13.2 Å². The molecule has 0 unspecified atom stereocenters. The summed E-state index contributed by atoms with van der Waals surface area (Å²) in [6.45, 7) is 7.44. The van der Waals surface area contributed by atoms with Gasteiger partial charge in [-0.05, 0) is 45.4 Å². The van der Waals surface area contributed by atoms with Crippen molar-refractivity contribution in [3.05, 3.63) is 29.8 Å². The molecular weight excluding hydrogens is 310 g/mol. The van der Waals surface area contributed by atoms with Gasteiger partial charge < -0.3 is 19.1 Å². The number of epoxide rings is 1. The maximum absolute atomic E-state index is 12.5. The van der Waals surface area contributed by atoms with Crippen molar-refractivity contribution in [2.24, 2.45) is 0 Å². The molecule has 1 amide bonds. The first-order valence-corrected chi connectivity index (χ1v) is 7.98. The fourth-order valence-electron chi connectivity index (χ4n) is 2.32. The molecule has 1 fully saturated rings. The molecule has 2 rings (SSSR count). The summed E-state index contributed by atoms with van der Waals surface area (Å²) in [5.41, 5.74) is 0.316. The Morgan fingerprint density at radius 3 is 2.25 bits per heavy atom. The smallest absolute Gasteiger partial charge is 0.326 e. The van der Waals surface area contributed by atoms with E-state index in [1.165, 1.54) is 4.90 Å². The van der Waals surface area contributed by atoms with Crippen LogP contribution in [0, 0.1) is 0 Å². The van der Waals surface area contributed by atoms with Gasteiger partial charge in [0, 0.05) is 6.54 Å². The molecule has 0 radical (unpaired) electrons. The van der Waals surface area contributed by atoms with E-state index in [2.05, 4.69) is 0 Å². The van der Waals surface area contributed by atoms with E-state index in [1.54, 1.807) is 27.9 Å². The molecule has 6 heteroatoms. The lowest BCUT2D eigenvalue weighted by Crippen LogP contribution is -2.40. The standard InChI is InChI=1S/C18H25NO5/c1-12-16(23-12)17(21)19(11-15(20)24-18(2,3)4)10-13-6-8-14(22-5)9-7-13/h6-9,12,16H,10-11H2,1-5H3/t12-,16-/m1/s1. The van der Waals surface area contributed by atoms with Gasteiger partial charge in [0.1, 0.15) is 17.9 Å². The van der Waals surface area contributed by atoms with Crippen LogP contribution < -0.4 is 4.74 Å². The Bertz CT molecular complexity index is 590. The predicted molar refractivity (Wildman–Crippen MR) is 88.6 cm³/mol. The summed E-state index contributed by atoms with van der Waals surface area (Å²) in [7, 11) is 1.60. The lowest BCUT2D eigenvalue weighted by atomic mass is 10.2. The molecule has 0 aliphatic carbocycles. The monoisotopic (exact) mass is 335 g/mol. The fraction of sp³-hybridized carbons (Fsp3) is 0.556. The molecule has 1 aromatic rings. The minimum absolute atomic E-state index is 0.102. The van der Waals surface area contributed by atoms with E-state index >= 15 is 0 Å². The van der Waals surface area contributed by atoms with Crippen molar-refractivity contribution in [1.82, 2.24) is 4.90 Å². The normalized spacial score (nSPS) is 19.5. The third kappa shape index (κ3) is 5.23. The molecule has 2 atom stereocenters. The molecule has 6 nitrogen and oxygen atoms in total. The van der Waals surface area contributed by atoms with E-state index in [4.69, 9.17) is 14.2 Å². The molecular formula is C18H25NO5. The highest BCUT2D eigenvalue weighted by atomic mass is 16.6. The number of hydrogen-bond acceptors (Lipinski definition) is 5. The Kier molecular flexibility index (Phi) is 5.49. The molecule has 0 saturated carbocycles. The Labute approximate surface area is 142 Å². The zero-order chi connectivity index (χ0) is 17.9. The number of rotatable bonds is 6. The summed E-state index contributed by atoms with van der Waals surface area (Å²) < 4.78 is 15.7. The summed E-state index contributed by atoms with van der Waals surface area (Å²) in [6.07, 6.45) is -0.569. The van der Waals surface area contributed by atoms with E-state index in [1.807, 2.05) is 31.2 Å². The molecule has 1 aromatic carbocycles. The second-order valence-corrected chi connectivity index (χ2v) is 6.89. The van der Waals surface area contributed by atoms with Gasteiger partial charge in [-0.25, -0.2) is 0 Å². The van der Waals surface area contributed by atoms with Crippen molar-refractivity contribution in [2.75, 3.05) is 13.7 Å². The van der Waals surface area contributed by atoms with Crippen LogP contribution in [0.5, 0.6) is 5.75 Å². The van der Waals surface area contributed by atoms with Gasteiger partial charge in [0.15, 0.2) is 6.10 Å². The summed E-state index contributed by atoms with van der Waals surface area (Å²) >= 11 is 0. The van der Waals surface area contributed by atoms with Crippen LogP contribution in [0.4, 0.5) is 0 Å². The first-order chi connectivity index (χ1) is 11.2. The summed E-state index contributed by atoms with van der Waals surface area (Å²) in [4.78, 5) is 26.1. The van der Waals surface area contributed by atoms with Crippen molar-refractivity contribution < 1.29 is 23.8 Å². The molecule has 0 bridgehead atoms. The number of hydrogen-bond donors (Lipinski definition) is 0. The molecule has 1 heterocycles. The van der Waals surface area contributed by atoms with E-state index in [0.29, 0.717) is 6.54 Å². The molecule has 0 N–H and O–H groups in total. The SMILES string of the molecule is COc1ccc(CN(CC(=O)OC(C)(C)C)C(=O)[C@@H]2O[C@@H]2C)cc1. The first-order valence-electron chi connectivity index (χ1n) is 7.98. The molecule has 0 spiro atoms.